The summed E-state index contributed by atoms with van der Waals surface area (Å²) in [6, 6.07) is 0. The molecule has 194 valence electrons. The number of halogens is 1. The number of phosphoric ester groups is 1. The van der Waals surface area contributed by atoms with E-state index in [2.05, 4.69) is 28.1 Å². The number of phosphoric acid groups is 3. The number of nitrogens with one attached hydrogen (secondary N) is 1. The number of hydrogen-bond acceptors (Lipinski definition) is 12. The third kappa shape index (κ3) is 5.87. The fraction of sp³-hybridized carbons (Fsp3) is 0.462. The van der Waals surface area contributed by atoms with Crippen molar-refractivity contribution in [2.45, 2.75) is 37.1 Å². The van der Waals surface area contributed by atoms with Gasteiger partial charge in [-0.05, 0) is 6.92 Å². The molecule has 3 rings (SSSR count). The maximum atomic E-state index is 15.7. The van der Waals surface area contributed by atoms with Gasteiger partial charge in [0.25, 0.3) is 0 Å². The summed E-state index contributed by atoms with van der Waals surface area (Å²) < 4.78 is 68.3. The smallest absolute Gasteiger partial charge is 0.386 e. The van der Waals surface area contributed by atoms with Crippen LogP contribution in [0.15, 0.2) is 6.33 Å². The number of aliphatic hydroxyl groups is 1. The summed E-state index contributed by atoms with van der Waals surface area (Å²) in [5, 5.41) is 10.5. The molecule has 1 fully saturated rings. The van der Waals surface area contributed by atoms with Gasteiger partial charge in [0.2, 0.25) is 11.6 Å². The molecule has 3 heterocycles. The van der Waals surface area contributed by atoms with E-state index in [0.29, 0.717) is 0 Å². The van der Waals surface area contributed by atoms with Gasteiger partial charge >= 0.3 is 23.5 Å². The summed E-state index contributed by atoms with van der Waals surface area (Å²) in [5.74, 6) is 1.58. The summed E-state index contributed by atoms with van der Waals surface area (Å²) in [5.41, 5.74) is 2.62. The standard InChI is InChI=1S/C13H17FN5O12P3S/c1-3-13(14)8(20)7(5(2)29-33(24,25)31-34(26,27)30-32(21,22)23)28-11(13)19-4-16-6-9(19)17-12(15)18-10(6)35/h1,4-5,7-8,11,20H,2H3,(H,24,25)(H,26,27)(H2,21,22,23)(H3,15,17,18,35)/t5-,7+,8-,11+,13?/m0/s1. The SMILES string of the molecule is C#CC1(F)[C@@H](O)[C@@H]([C@H](C)OP(=O)(O)OP(=O)(O)OP(=O)(O)O)O[C@H]1n1cnc2c(=S)[nH]c(N)nc21. The van der Waals surface area contributed by atoms with E-state index in [4.69, 9.17) is 38.9 Å². The average molecular weight is 579 g/mol. The molecule has 17 nitrogen and oxygen atoms in total. The van der Waals surface area contributed by atoms with Gasteiger partial charge in [0, 0.05) is 0 Å². The number of anilines is 1. The molecular weight excluding hydrogens is 562 g/mol. The third-order valence-electron chi connectivity index (χ3n) is 4.49. The van der Waals surface area contributed by atoms with Crippen molar-refractivity contribution >= 4 is 52.8 Å². The number of nitrogens with two attached hydrogens (primary N) is 1. The molecule has 0 bridgehead atoms. The second-order valence-electron chi connectivity index (χ2n) is 6.99. The van der Waals surface area contributed by atoms with Gasteiger partial charge in [-0.1, -0.05) is 18.1 Å². The van der Waals surface area contributed by atoms with E-state index >= 15 is 4.39 Å². The van der Waals surface area contributed by atoms with Crippen LogP contribution in [-0.4, -0.2) is 68.2 Å². The highest BCUT2D eigenvalue weighted by molar-refractivity contribution is 7.71. The molecule has 0 radical (unpaired) electrons. The quantitative estimate of drug-likeness (QED) is 0.127. The second kappa shape index (κ2) is 9.36. The Morgan fingerprint density at radius 2 is 1.97 bits per heavy atom. The fourth-order valence-electron chi connectivity index (χ4n) is 3.18. The molecule has 0 saturated carbocycles. The zero-order chi connectivity index (χ0) is 26.6. The number of aromatic nitrogens is 4. The molecule has 7 atom stereocenters. The minimum absolute atomic E-state index is 0.0486. The largest absolute Gasteiger partial charge is 0.490 e. The first-order valence-corrected chi connectivity index (χ1v) is 13.9. The van der Waals surface area contributed by atoms with E-state index in [1.54, 1.807) is 5.92 Å². The number of rotatable bonds is 8. The predicted molar refractivity (Wildman–Crippen MR) is 114 cm³/mol. The first kappa shape index (κ1) is 28.0. The maximum Gasteiger partial charge on any atom is 0.490 e. The molecule has 1 aliphatic heterocycles. The van der Waals surface area contributed by atoms with Crippen molar-refractivity contribution in [3.8, 4) is 12.3 Å². The van der Waals surface area contributed by atoms with E-state index in [1.807, 2.05) is 0 Å². The molecule has 35 heavy (non-hydrogen) atoms. The van der Waals surface area contributed by atoms with Gasteiger partial charge in [-0.15, -0.1) is 6.42 Å². The topological polar surface area (TPSA) is 262 Å². The Morgan fingerprint density at radius 3 is 2.54 bits per heavy atom. The summed E-state index contributed by atoms with van der Waals surface area (Å²) >= 11 is 5.07. The van der Waals surface area contributed by atoms with Crippen LogP contribution < -0.4 is 5.73 Å². The van der Waals surface area contributed by atoms with Crippen LogP contribution in [0, 0.1) is 17.0 Å². The van der Waals surface area contributed by atoms with Crippen LogP contribution >= 0.6 is 35.7 Å². The van der Waals surface area contributed by atoms with Crippen molar-refractivity contribution in [3.05, 3.63) is 11.0 Å². The van der Waals surface area contributed by atoms with Crippen molar-refractivity contribution in [2.75, 3.05) is 5.73 Å². The van der Waals surface area contributed by atoms with Crippen LogP contribution in [-0.2, 0) is 31.6 Å². The highest BCUT2D eigenvalue weighted by atomic mass is 32.1. The number of ether oxygens (including phenoxy) is 1. The molecule has 2 aromatic rings. The minimum atomic E-state index is -5.81. The molecule has 22 heteroatoms. The summed E-state index contributed by atoms with van der Waals surface area (Å²) in [6.07, 6.45) is -1.31. The van der Waals surface area contributed by atoms with Crippen molar-refractivity contribution in [1.82, 2.24) is 19.5 Å². The lowest BCUT2D eigenvalue weighted by atomic mass is 9.95. The lowest BCUT2D eigenvalue weighted by Gasteiger charge is -2.25. The Morgan fingerprint density at radius 1 is 1.34 bits per heavy atom. The van der Waals surface area contributed by atoms with E-state index in [1.165, 1.54) is 0 Å². The summed E-state index contributed by atoms with van der Waals surface area (Å²) in [7, 11) is -17.1. The van der Waals surface area contributed by atoms with Gasteiger partial charge in [0.15, 0.2) is 11.9 Å². The molecule has 1 aliphatic rings. The number of nitrogens with zero attached hydrogens (tertiary/aromatic N) is 3. The van der Waals surface area contributed by atoms with E-state index < -0.39 is 53.7 Å². The number of aromatic amines is 1. The highest BCUT2D eigenvalue weighted by Crippen LogP contribution is 2.66. The van der Waals surface area contributed by atoms with Gasteiger partial charge in [0.05, 0.1) is 12.4 Å². The Bertz CT molecular complexity index is 1390. The molecule has 2 aromatic heterocycles. The van der Waals surface area contributed by atoms with Crippen molar-refractivity contribution < 1.29 is 60.6 Å². The predicted octanol–water partition coefficient (Wildman–Crippen LogP) is 0.403. The molecule has 0 aliphatic carbocycles. The van der Waals surface area contributed by atoms with E-state index in [0.717, 1.165) is 17.8 Å². The van der Waals surface area contributed by atoms with Gasteiger partial charge in [0.1, 0.15) is 22.4 Å². The Kier molecular flexibility index (Phi) is 7.48. The normalized spacial score (nSPS) is 29.4. The Labute approximate surface area is 199 Å². The maximum absolute atomic E-state index is 15.7. The molecule has 0 aromatic carbocycles. The molecule has 0 amide bonds. The molecular formula is C13H17FN5O12P3S. The Hall–Kier alpha value is -1.61. The van der Waals surface area contributed by atoms with Crippen molar-refractivity contribution in [2.24, 2.45) is 0 Å². The summed E-state index contributed by atoms with van der Waals surface area (Å²) in [6.45, 7) is 0.976. The minimum Gasteiger partial charge on any atom is -0.386 e. The lowest BCUT2D eigenvalue weighted by Crippen LogP contribution is -2.44. The van der Waals surface area contributed by atoms with Crippen LogP contribution in [0.1, 0.15) is 13.2 Å². The van der Waals surface area contributed by atoms with Crippen LogP contribution in [0.5, 0.6) is 0 Å². The lowest BCUT2D eigenvalue weighted by molar-refractivity contribution is -0.0754. The second-order valence-corrected chi connectivity index (χ2v) is 11.8. The first-order chi connectivity index (χ1) is 15.9. The number of hydrogen-bond donors (Lipinski definition) is 7. The number of fused-ring (bicyclic) bond motifs is 1. The molecule has 1 saturated heterocycles. The molecule has 0 spiro atoms. The van der Waals surface area contributed by atoms with Gasteiger partial charge in [-0.25, -0.2) is 23.1 Å². The third-order valence-corrected chi connectivity index (χ3v) is 8.71. The molecule has 3 unspecified atom stereocenters. The van der Waals surface area contributed by atoms with Crippen LogP contribution in [0.3, 0.4) is 0 Å². The van der Waals surface area contributed by atoms with Gasteiger partial charge < -0.3 is 40.1 Å². The highest BCUT2D eigenvalue weighted by Gasteiger charge is 2.60. The van der Waals surface area contributed by atoms with Gasteiger partial charge in [-0.2, -0.15) is 13.6 Å². The monoisotopic (exact) mass is 579 g/mol. The van der Waals surface area contributed by atoms with Crippen LogP contribution in [0.25, 0.3) is 11.2 Å². The number of H-pyrrole nitrogens is 1. The first-order valence-electron chi connectivity index (χ1n) is 8.94. The number of terminal acetylenes is 1. The Balaban J connectivity index is 1.89. The number of imidazole rings is 1. The van der Waals surface area contributed by atoms with E-state index in [9.17, 15) is 28.6 Å². The number of alkyl halides is 1. The summed E-state index contributed by atoms with van der Waals surface area (Å²) in [4.78, 5) is 46.6. The van der Waals surface area contributed by atoms with Crippen molar-refractivity contribution in [1.29, 1.82) is 0 Å². The van der Waals surface area contributed by atoms with Crippen LogP contribution in [0.2, 0.25) is 0 Å². The number of nitrogen functional groups attached to an aromatic ring is 1. The van der Waals surface area contributed by atoms with E-state index in [-0.39, 0.29) is 21.8 Å². The zero-order valence-corrected chi connectivity index (χ0v) is 20.6. The van der Waals surface area contributed by atoms with Gasteiger partial charge in [-0.3, -0.25) is 9.09 Å². The van der Waals surface area contributed by atoms with Crippen molar-refractivity contribution in [3.63, 3.8) is 0 Å². The van der Waals surface area contributed by atoms with Crippen LogP contribution in [0.4, 0.5) is 10.3 Å². The molecule has 8 N–H and O–H groups in total. The number of aliphatic hydroxyl groups excluding tert-OH is 1. The average Bonchev–Trinajstić information content (AvgIpc) is 3.18. The zero-order valence-electron chi connectivity index (χ0n) is 17.1. The fourth-order valence-corrected chi connectivity index (χ4v) is 6.63.